The van der Waals surface area contributed by atoms with Gasteiger partial charge in [0.1, 0.15) is 5.82 Å². The summed E-state index contributed by atoms with van der Waals surface area (Å²) in [6, 6.07) is 3.28. The summed E-state index contributed by atoms with van der Waals surface area (Å²) in [6.45, 7) is 1.89. The number of amides is 2. The van der Waals surface area contributed by atoms with Gasteiger partial charge in [-0.1, -0.05) is 6.07 Å². The number of benzene rings is 1. The van der Waals surface area contributed by atoms with Gasteiger partial charge in [0.15, 0.2) is 5.54 Å². The van der Waals surface area contributed by atoms with E-state index < -0.39 is 23.4 Å². The normalized spacial score (nSPS) is 21.5. The second-order valence-corrected chi connectivity index (χ2v) is 4.73. The van der Waals surface area contributed by atoms with Crippen LogP contribution in [0.15, 0.2) is 18.2 Å². The maximum atomic E-state index is 13.1. The molecule has 1 fully saturated rings. The van der Waals surface area contributed by atoms with Crippen LogP contribution in [0.1, 0.15) is 12.0 Å². The number of nitrogens with one attached hydrogen (secondary N) is 2. The average molecular weight is 282 g/mol. The van der Waals surface area contributed by atoms with Crippen molar-refractivity contribution in [1.29, 1.82) is 0 Å². The minimum absolute atomic E-state index is 0.0854. The third-order valence-electron chi connectivity index (χ3n) is 3.23. The molecular weight excluding hydrogens is 267 g/mol. The molecule has 0 aromatic heterocycles. The van der Waals surface area contributed by atoms with Crippen LogP contribution in [0.2, 0.25) is 0 Å². The zero-order valence-corrected chi connectivity index (χ0v) is 10.9. The van der Waals surface area contributed by atoms with E-state index in [0.29, 0.717) is 11.3 Å². The Morgan fingerprint density at radius 3 is 2.80 bits per heavy atom. The SMILES string of the molecule is Cc1ccc(F)cc1NC(=O)NC1(C(=O)O)CCOC1. The second-order valence-electron chi connectivity index (χ2n) is 4.73. The summed E-state index contributed by atoms with van der Waals surface area (Å²) in [5, 5.41) is 14.0. The molecule has 3 N–H and O–H groups in total. The van der Waals surface area contributed by atoms with E-state index in [9.17, 15) is 19.1 Å². The molecule has 108 valence electrons. The first-order valence-electron chi connectivity index (χ1n) is 6.09. The Morgan fingerprint density at radius 2 is 2.20 bits per heavy atom. The summed E-state index contributed by atoms with van der Waals surface area (Å²) in [5.41, 5.74) is -0.457. The lowest BCUT2D eigenvalue weighted by molar-refractivity contribution is -0.144. The highest BCUT2D eigenvalue weighted by Crippen LogP contribution is 2.20. The van der Waals surface area contributed by atoms with Crippen molar-refractivity contribution < 1.29 is 23.8 Å². The molecule has 0 radical (unpaired) electrons. The third-order valence-corrected chi connectivity index (χ3v) is 3.23. The molecule has 0 aliphatic carbocycles. The van der Waals surface area contributed by atoms with Crippen LogP contribution in [-0.4, -0.2) is 35.9 Å². The van der Waals surface area contributed by atoms with Gasteiger partial charge in [0.05, 0.1) is 6.61 Å². The number of carboxylic acids is 1. The lowest BCUT2D eigenvalue weighted by Crippen LogP contribution is -2.56. The number of hydrogen-bond acceptors (Lipinski definition) is 3. The number of rotatable bonds is 3. The van der Waals surface area contributed by atoms with Crippen LogP contribution in [0.5, 0.6) is 0 Å². The fraction of sp³-hybridized carbons (Fsp3) is 0.385. The number of urea groups is 1. The van der Waals surface area contributed by atoms with Gasteiger partial charge >= 0.3 is 12.0 Å². The number of hydrogen-bond donors (Lipinski definition) is 3. The molecule has 0 bridgehead atoms. The molecule has 1 aromatic rings. The Bertz CT molecular complexity index is 541. The van der Waals surface area contributed by atoms with Crippen LogP contribution in [0.4, 0.5) is 14.9 Å². The summed E-state index contributed by atoms with van der Waals surface area (Å²) >= 11 is 0. The monoisotopic (exact) mass is 282 g/mol. The molecule has 1 atom stereocenters. The predicted molar refractivity (Wildman–Crippen MR) is 69.1 cm³/mol. The Kier molecular flexibility index (Phi) is 3.89. The van der Waals surface area contributed by atoms with E-state index >= 15 is 0 Å². The maximum Gasteiger partial charge on any atom is 0.332 e. The summed E-state index contributed by atoms with van der Waals surface area (Å²) in [4.78, 5) is 23.1. The van der Waals surface area contributed by atoms with Crippen molar-refractivity contribution in [2.75, 3.05) is 18.5 Å². The molecule has 1 aliphatic heterocycles. The Morgan fingerprint density at radius 1 is 1.45 bits per heavy atom. The number of anilines is 1. The van der Waals surface area contributed by atoms with Gasteiger partial charge in [-0.05, 0) is 24.6 Å². The molecular formula is C13H15FN2O4. The van der Waals surface area contributed by atoms with Crippen LogP contribution in [0.25, 0.3) is 0 Å². The first kappa shape index (κ1) is 14.3. The number of carboxylic acid groups (broad SMARTS) is 1. The number of halogens is 1. The Hall–Kier alpha value is -2.15. The largest absolute Gasteiger partial charge is 0.479 e. The lowest BCUT2D eigenvalue weighted by Gasteiger charge is -2.24. The van der Waals surface area contributed by atoms with Gasteiger partial charge in [-0.3, -0.25) is 0 Å². The predicted octanol–water partition coefficient (Wildman–Crippen LogP) is 1.50. The zero-order chi connectivity index (χ0) is 14.8. The van der Waals surface area contributed by atoms with Crippen molar-refractivity contribution in [3.63, 3.8) is 0 Å². The number of ether oxygens (including phenoxy) is 1. The maximum absolute atomic E-state index is 13.1. The van der Waals surface area contributed by atoms with E-state index in [1.807, 2.05) is 0 Å². The molecule has 1 aliphatic rings. The summed E-state index contributed by atoms with van der Waals surface area (Å²) in [6.07, 6.45) is 0.192. The van der Waals surface area contributed by atoms with Crippen molar-refractivity contribution in [2.45, 2.75) is 18.9 Å². The van der Waals surface area contributed by atoms with E-state index in [1.165, 1.54) is 18.2 Å². The molecule has 20 heavy (non-hydrogen) atoms. The molecule has 6 nitrogen and oxygen atoms in total. The molecule has 7 heteroatoms. The summed E-state index contributed by atoms with van der Waals surface area (Å²) < 4.78 is 18.2. The second kappa shape index (κ2) is 5.46. The van der Waals surface area contributed by atoms with Crippen LogP contribution in [0.3, 0.4) is 0 Å². The van der Waals surface area contributed by atoms with Crippen LogP contribution in [-0.2, 0) is 9.53 Å². The fourth-order valence-corrected chi connectivity index (χ4v) is 1.99. The lowest BCUT2D eigenvalue weighted by atomic mass is 9.99. The summed E-state index contributed by atoms with van der Waals surface area (Å²) in [5.74, 6) is -1.64. The Labute approximate surface area is 114 Å². The van der Waals surface area contributed by atoms with Gasteiger partial charge in [-0.15, -0.1) is 0 Å². The standard InChI is InChI=1S/C13H15FN2O4/c1-8-2-3-9(14)6-10(8)15-12(19)16-13(11(17)18)4-5-20-7-13/h2-3,6H,4-5,7H2,1H3,(H,17,18)(H2,15,16,19). The number of aryl methyl sites for hydroxylation is 1. The van der Waals surface area contributed by atoms with Crippen LogP contribution in [0, 0.1) is 12.7 Å². The Balaban J connectivity index is 2.08. The highest BCUT2D eigenvalue weighted by atomic mass is 19.1. The van der Waals surface area contributed by atoms with Gasteiger partial charge < -0.3 is 20.5 Å². The van der Waals surface area contributed by atoms with Crippen molar-refractivity contribution in [3.05, 3.63) is 29.6 Å². The van der Waals surface area contributed by atoms with E-state index in [4.69, 9.17) is 4.74 Å². The van der Waals surface area contributed by atoms with Crippen molar-refractivity contribution >= 4 is 17.7 Å². The summed E-state index contributed by atoms with van der Waals surface area (Å²) in [7, 11) is 0. The average Bonchev–Trinajstić information content (AvgIpc) is 2.83. The van der Waals surface area contributed by atoms with E-state index in [-0.39, 0.29) is 19.6 Å². The highest BCUT2D eigenvalue weighted by Gasteiger charge is 2.44. The molecule has 1 unspecified atom stereocenters. The molecule has 1 aromatic carbocycles. The highest BCUT2D eigenvalue weighted by molar-refractivity contribution is 5.94. The van der Waals surface area contributed by atoms with Gasteiger partial charge in [-0.2, -0.15) is 0 Å². The first-order chi connectivity index (χ1) is 9.43. The van der Waals surface area contributed by atoms with Gasteiger partial charge in [0, 0.05) is 18.7 Å². The van der Waals surface area contributed by atoms with Gasteiger partial charge in [-0.25, -0.2) is 14.0 Å². The van der Waals surface area contributed by atoms with Gasteiger partial charge in [0.2, 0.25) is 0 Å². The number of carbonyl (C=O) groups excluding carboxylic acids is 1. The molecule has 1 heterocycles. The number of carbonyl (C=O) groups is 2. The first-order valence-corrected chi connectivity index (χ1v) is 6.09. The smallest absolute Gasteiger partial charge is 0.332 e. The third kappa shape index (κ3) is 2.88. The van der Waals surface area contributed by atoms with Crippen LogP contribution >= 0.6 is 0 Å². The quantitative estimate of drug-likeness (QED) is 0.784. The zero-order valence-electron chi connectivity index (χ0n) is 10.9. The van der Waals surface area contributed by atoms with E-state index in [2.05, 4.69) is 10.6 Å². The minimum Gasteiger partial charge on any atom is -0.479 e. The van der Waals surface area contributed by atoms with Gasteiger partial charge in [0.25, 0.3) is 0 Å². The minimum atomic E-state index is -1.43. The van der Waals surface area contributed by atoms with Crippen molar-refractivity contribution in [3.8, 4) is 0 Å². The molecule has 2 rings (SSSR count). The molecule has 0 saturated carbocycles. The van der Waals surface area contributed by atoms with Crippen molar-refractivity contribution in [1.82, 2.24) is 5.32 Å². The fourth-order valence-electron chi connectivity index (χ4n) is 1.99. The van der Waals surface area contributed by atoms with E-state index in [1.54, 1.807) is 6.92 Å². The molecule has 0 spiro atoms. The molecule has 1 saturated heterocycles. The van der Waals surface area contributed by atoms with Crippen LogP contribution < -0.4 is 10.6 Å². The van der Waals surface area contributed by atoms with E-state index in [0.717, 1.165) is 0 Å². The molecule has 2 amide bonds. The van der Waals surface area contributed by atoms with Crippen molar-refractivity contribution in [2.24, 2.45) is 0 Å². The number of aliphatic carboxylic acids is 1. The topological polar surface area (TPSA) is 87.7 Å².